The van der Waals surface area contributed by atoms with Crippen LogP contribution in [0.15, 0.2) is 188 Å². The first-order chi connectivity index (χ1) is 26.3. The van der Waals surface area contributed by atoms with Crippen molar-refractivity contribution in [1.82, 2.24) is 4.98 Å². The lowest BCUT2D eigenvalue weighted by atomic mass is 9.52. The fourth-order valence-corrected chi connectivity index (χ4v) is 11.2. The molecule has 2 unspecified atom stereocenters. The van der Waals surface area contributed by atoms with Crippen molar-refractivity contribution in [2.45, 2.75) is 10.8 Å². The smallest absolute Gasteiger partial charge is 0.124 e. The van der Waals surface area contributed by atoms with E-state index in [4.69, 9.17) is 4.98 Å². The molecule has 9 aromatic rings. The van der Waals surface area contributed by atoms with E-state index >= 15 is 0 Å². The van der Waals surface area contributed by atoms with Crippen molar-refractivity contribution in [2.75, 3.05) is 0 Å². The number of rotatable bonds is 3. The highest BCUT2D eigenvalue weighted by Gasteiger charge is 2.59. The minimum Gasteiger partial charge on any atom is -0.236 e. The Kier molecular flexibility index (Phi) is 5.85. The second-order valence-corrected chi connectivity index (χ2v) is 15.6. The van der Waals surface area contributed by atoms with Gasteiger partial charge in [-0.1, -0.05) is 170 Å². The fraction of sp³-hybridized carbons (Fsp3) is 0.0392. The van der Waals surface area contributed by atoms with E-state index in [1.807, 2.05) is 0 Å². The maximum absolute atomic E-state index is 4.93. The van der Waals surface area contributed by atoms with E-state index in [0.717, 1.165) is 16.1 Å². The normalized spacial score (nSPS) is 18.3. The summed E-state index contributed by atoms with van der Waals surface area (Å²) in [6.07, 6.45) is 0. The highest BCUT2D eigenvalue weighted by Crippen LogP contribution is 2.68. The molecule has 0 radical (unpaired) electrons. The molecule has 1 heterocycles. The van der Waals surface area contributed by atoms with Crippen molar-refractivity contribution in [3.63, 3.8) is 0 Å². The second kappa shape index (κ2) is 10.6. The maximum atomic E-state index is 4.93. The highest BCUT2D eigenvalue weighted by atomic mass is 32.1. The zero-order valence-electron chi connectivity index (χ0n) is 28.8. The molecule has 53 heavy (non-hydrogen) atoms. The molecule has 0 fully saturated rings. The van der Waals surface area contributed by atoms with Gasteiger partial charge in [-0.05, 0) is 96.1 Å². The van der Waals surface area contributed by atoms with Crippen LogP contribution in [0, 0.1) is 0 Å². The molecule has 1 spiro atoms. The largest absolute Gasteiger partial charge is 0.236 e. The predicted molar refractivity (Wildman–Crippen MR) is 219 cm³/mol. The van der Waals surface area contributed by atoms with Crippen LogP contribution in [0.1, 0.15) is 44.5 Å². The summed E-state index contributed by atoms with van der Waals surface area (Å²) in [6.45, 7) is 0. The third-order valence-electron chi connectivity index (χ3n) is 12.2. The fourth-order valence-electron chi connectivity index (χ4n) is 10.2. The van der Waals surface area contributed by atoms with Crippen LogP contribution in [-0.4, -0.2) is 4.98 Å². The SMILES string of the molecule is c1ccc(C23c4ccccc4-c4cccc(c42)C2(c4ccccc4-c4ccc(-c5ccc(-c6nc7ccccc7s6)cc5)cc42)c2ccccc23)cc1. The van der Waals surface area contributed by atoms with Crippen LogP contribution >= 0.6 is 11.3 Å². The molecule has 2 heteroatoms. The Bertz CT molecular complexity index is 2920. The maximum Gasteiger partial charge on any atom is 0.124 e. The summed E-state index contributed by atoms with van der Waals surface area (Å²) in [6, 6.07) is 70.5. The third kappa shape index (κ3) is 3.64. The van der Waals surface area contributed by atoms with Gasteiger partial charge in [0.2, 0.25) is 0 Å². The first-order valence-corrected chi connectivity index (χ1v) is 19.2. The summed E-state index contributed by atoms with van der Waals surface area (Å²) in [5.74, 6) is 0. The average molecular weight is 690 g/mol. The summed E-state index contributed by atoms with van der Waals surface area (Å²) in [5, 5.41) is 1.06. The highest BCUT2D eigenvalue weighted by molar-refractivity contribution is 7.21. The van der Waals surface area contributed by atoms with Crippen LogP contribution in [0.2, 0.25) is 0 Å². The summed E-state index contributed by atoms with van der Waals surface area (Å²) < 4.78 is 1.22. The van der Waals surface area contributed by atoms with E-state index in [1.165, 1.54) is 82.6 Å². The zero-order valence-corrected chi connectivity index (χ0v) is 29.6. The van der Waals surface area contributed by atoms with Crippen molar-refractivity contribution in [3.05, 3.63) is 233 Å². The first-order valence-electron chi connectivity index (χ1n) is 18.4. The van der Waals surface area contributed by atoms with Gasteiger partial charge in [0.1, 0.15) is 5.01 Å². The molecular weight excluding hydrogens is 659 g/mol. The number of hydrogen-bond acceptors (Lipinski definition) is 2. The van der Waals surface area contributed by atoms with Crippen molar-refractivity contribution >= 4 is 21.6 Å². The van der Waals surface area contributed by atoms with E-state index in [-0.39, 0.29) is 0 Å². The number of hydrogen-bond donors (Lipinski definition) is 0. The Balaban J connectivity index is 1.13. The Labute approximate surface area is 312 Å². The van der Waals surface area contributed by atoms with Gasteiger partial charge in [0.25, 0.3) is 0 Å². The Morgan fingerprint density at radius 1 is 0.358 bits per heavy atom. The first kappa shape index (κ1) is 29.3. The molecule has 0 aliphatic heterocycles. The van der Waals surface area contributed by atoms with Crippen molar-refractivity contribution in [2.24, 2.45) is 0 Å². The lowest BCUT2D eigenvalue weighted by Gasteiger charge is -2.48. The summed E-state index contributed by atoms with van der Waals surface area (Å²) in [7, 11) is 0. The zero-order chi connectivity index (χ0) is 34.7. The molecule has 1 aromatic heterocycles. The van der Waals surface area contributed by atoms with Gasteiger partial charge >= 0.3 is 0 Å². The average Bonchev–Trinajstić information content (AvgIpc) is 3.89. The van der Waals surface area contributed by atoms with Gasteiger partial charge in [0.15, 0.2) is 0 Å². The van der Waals surface area contributed by atoms with Gasteiger partial charge in [-0.3, -0.25) is 0 Å². The summed E-state index contributed by atoms with van der Waals surface area (Å²) in [5.41, 5.74) is 19.9. The van der Waals surface area contributed by atoms with Crippen LogP contribution in [0.25, 0.3) is 54.2 Å². The number of benzene rings is 8. The monoisotopic (exact) mass is 689 g/mol. The van der Waals surface area contributed by atoms with Crippen LogP contribution in [0.3, 0.4) is 0 Å². The molecule has 0 saturated carbocycles. The lowest BCUT2D eigenvalue weighted by Crippen LogP contribution is -2.43. The molecule has 0 amide bonds. The van der Waals surface area contributed by atoms with Gasteiger partial charge in [-0.15, -0.1) is 11.3 Å². The number of para-hydroxylation sites is 1. The lowest BCUT2D eigenvalue weighted by molar-refractivity contribution is 0.636. The molecule has 3 aliphatic carbocycles. The van der Waals surface area contributed by atoms with Gasteiger partial charge in [-0.25, -0.2) is 4.98 Å². The number of aromatic nitrogens is 1. The van der Waals surface area contributed by atoms with Crippen molar-refractivity contribution < 1.29 is 0 Å². The van der Waals surface area contributed by atoms with Gasteiger partial charge in [0, 0.05) is 5.56 Å². The van der Waals surface area contributed by atoms with E-state index in [0.29, 0.717) is 0 Å². The molecule has 246 valence electrons. The molecule has 0 bridgehead atoms. The predicted octanol–water partition coefficient (Wildman–Crippen LogP) is 12.7. The van der Waals surface area contributed by atoms with Crippen molar-refractivity contribution in [3.8, 4) is 44.0 Å². The number of thiazole rings is 1. The van der Waals surface area contributed by atoms with Crippen molar-refractivity contribution in [1.29, 1.82) is 0 Å². The Hall–Kier alpha value is -6.35. The minimum atomic E-state index is -0.495. The molecular formula is C51H31NS. The summed E-state index contributed by atoms with van der Waals surface area (Å²) in [4.78, 5) is 4.93. The molecule has 2 atom stereocenters. The van der Waals surface area contributed by atoms with Gasteiger partial charge in [-0.2, -0.15) is 0 Å². The van der Waals surface area contributed by atoms with Crippen LogP contribution in [0.5, 0.6) is 0 Å². The van der Waals surface area contributed by atoms with Crippen LogP contribution < -0.4 is 0 Å². The topological polar surface area (TPSA) is 12.9 Å². The number of nitrogens with zero attached hydrogens (tertiary/aromatic N) is 1. The van der Waals surface area contributed by atoms with Gasteiger partial charge < -0.3 is 0 Å². The molecule has 3 aliphatic rings. The summed E-state index contributed by atoms with van der Waals surface area (Å²) >= 11 is 1.75. The molecule has 12 rings (SSSR count). The van der Waals surface area contributed by atoms with Gasteiger partial charge in [0.05, 0.1) is 21.0 Å². The minimum absolute atomic E-state index is 0.433. The Morgan fingerprint density at radius 2 is 0.906 bits per heavy atom. The van der Waals surface area contributed by atoms with Crippen LogP contribution in [-0.2, 0) is 10.8 Å². The standard InChI is InChI=1S/C51H31NS/c1-2-13-35(14-3-1)50-40-18-6-5-16-37(40)39-17-12-22-44(48(39)50)51(43-21-9-8-20-42(43)50)41-19-7-4-15-36(41)38-30-29-34(31-45(38)51)32-25-27-33(28-26-32)49-52-46-23-10-11-24-47(46)53-49/h1-31H. The van der Waals surface area contributed by atoms with E-state index < -0.39 is 10.8 Å². The van der Waals surface area contributed by atoms with E-state index in [2.05, 4.69) is 188 Å². The quantitative estimate of drug-likeness (QED) is 0.180. The molecule has 8 aromatic carbocycles. The molecule has 1 nitrogen and oxygen atoms in total. The van der Waals surface area contributed by atoms with Crippen LogP contribution in [0.4, 0.5) is 0 Å². The van der Waals surface area contributed by atoms with E-state index in [9.17, 15) is 0 Å². The molecule has 0 N–H and O–H groups in total. The van der Waals surface area contributed by atoms with E-state index in [1.54, 1.807) is 11.3 Å². The second-order valence-electron chi connectivity index (χ2n) is 14.6. The molecule has 0 saturated heterocycles. The Morgan fingerprint density at radius 3 is 1.68 bits per heavy atom. The third-order valence-corrected chi connectivity index (χ3v) is 13.3. The number of fused-ring (bicyclic) bond motifs is 13.